The fraction of sp³-hybridized carbons (Fsp3) is 0.562. The lowest BCUT2D eigenvalue weighted by atomic mass is 10.1. The largest absolute Gasteiger partial charge is 0.389 e. The predicted octanol–water partition coefficient (Wildman–Crippen LogP) is 0.910. The minimum Gasteiger partial charge on any atom is -0.389 e. The van der Waals surface area contributed by atoms with Crippen molar-refractivity contribution in [3.8, 4) is 6.07 Å². The first kappa shape index (κ1) is 15.8. The molecule has 1 aliphatic rings. The van der Waals surface area contributed by atoms with Crippen LogP contribution in [0.25, 0.3) is 0 Å². The van der Waals surface area contributed by atoms with Crippen molar-refractivity contribution < 1.29 is 5.11 Å². The van der Waals surface area contributed by atoms with Gasteiger partial charge in [-0.25, -0.2) is 0 Å². The first-order valence-electron chi connectivity index (χ1n) is 7.36. The minimum absolute atomic E-state index is 0.453. The van der Waals surface area contributed by atoms with Crippen LogP contribution in [0.15, 0.2) is 18.2 Å². The normalized spacial score (nSPS) is 16.8. The molecule has 1 heterocycles. The highest BCUT2D eigenvalue weighted by molar-refractivity contribution is 5.60. The monoisotopic (exact) mass is 288 g/mol. The average molecular weight is 288 g/mol. The predicted molar refractivity (Wildman–Crippen MR) is 84.0 cm³/mol. The summed E-state index contributed by atoms with van der Waals surface area (Å²) in [6.07, 6.45) is 0. The Hall–Kier alpha value is -1.61. The molecule has 1 aromatic carbocycles. The van der Waals surface area contributed by atoms with Gasteiger partial charge >= 0.3 is 0 Å². The van der Waals surface area contributed by atoms with E-state index in [4.69, 9.17) is 5.73 Å². The fourth-order valence-electron chi connectivity index (χ4n) is 2.77. The second-order valence-electron chi connectivity index (χ2n) is 6.24. The van der Waals surface area contributed by atoms with Crippen LogP contribution in [0, 0.1) is 11.3 Å². The molecule has 1 fully saturated rings. The average Bonchev–Trinajstić information content (AvgIpc) is 2.46. The van der Waals surface area contributed by atoms with E-state index in [1.807, 2.05) is 32.0 Å². The van der Waals surface area contributed by atoms with Crippen molar-refractivity contribution in [1.82, 2.24) is 4.90 Å². The molecule has 5 nitrogen and oxygen atoms in total. The maximum absolute atomic E-state index is 9.88. The molecule has 1 aliphatic heterocycles. The van der Waals surface area contributed by atoms with Crippen molar-refractivity contribution in [2.24, 2.45) is 5.73 Å². The molecule has 0 amide bonds. The lowest BCUT2D eigenvalue weighted by Crippen LogP contribution is -2.50. The van der Waals surface area contributed by atoms with Gasteiger partial charge in [0.15, 0.2) is 0 Å². The van der Waals surface area contributed by atoms with Crippen molar-refractivity contribution in [3.05, 3.63) is 29.3 Å². The molecule has 0 radical (unpaired) electrons. The molecule has 2 rings (SSSR count). The highest BCUT2D eigenvalue weighted by Crippen LogP contribution is 2.23. The van der Waals surface area contributed by atoms with Crippen LogP contribution < -0.4 is 10.6 Å². The van der Waals surface area contributed by atoms with Gasteiger partial charge in [0.1, 0.15) is 6.07 Å². The van der Waals surface area contributed by atoms with Crippen LogP contribution in [-0.2, 0) is 6.54 Å². The van der Waals surface area contributed by atoms with Gasteiger partial charge in [-0.15, -0.1) is 0 Å². The summed E-state index contributed by atoms with van der Waals surface area (Å²) in [5.41, 5.74) is 7.62. The van der Waals surface area contributed by atoms with E-state index in [-0.39, 0.29) is 0 Å². The summed E-state index contributed by atoms with van der Waals surface area (Å²) in [5.74, 6) is 0. The summed E-state index contributed by atoms with van der Waals surface area (Å²) in [4.78, 5) is 4.50. The van der Waals surface area contributed by atoms with E-state index in [1.165, 1.54) is 0 Å². The molecule has 1 saturated heterocycles. The van der Waals surface area contributed by atoms with E-state index in [0.717, 1.165) is 37.4 Å². The smallest absolute Gasteiger partial charge is 0.101 e. The van der Waals surface area contributed by atoms with Gasteiger partial charge in [-0.1, -0.05) is 6.07 Å². The Balaban J connectivity index is 2.04. The number of nitriles is 1. The van der Waals surface area contributed by atoms with Gasteiger partial charge in [-0.05, 0) is 31.5 Å². The molecular weight excluding hydrogens is 264 g/mol. The Bertz CT molecular complexity index is 522. The molecule has 0 saturated carbocycles. The molecule has 114 valence electrons. The standard InChI is InChI=1S/C16H24N4O/c1-16(2,21)12-19-5-7-20(8-6-19)15-4-3-13(10-17)9-14(15)11-18/h3-4,9,21H,5-8,10,12,17H2,1-2H3. The maximum atomic E-state index is 9.88. The van der Waals surface area contributed by atoms with E-state index in [1.54, 1.807) is 0 Å². The van der Waals surface area contributed by atoms with Gasteiger partial charge in [0, 0.05) is 39.3 Å². The summed E-state index contributed by atoms with van der Waals surface area (Å²) >= 11 is 0. The first-order chi connectivity index (χ1) is 9.93. The second-order valence-corrected chi connectivity index (χ2v) is 6.24. The Labute approximate surface area is 126 Å². The van der Waals surface area contributed by atoms with Crippen LogP contribution in [0.1, 0.15) is 25.0 Å². The van der Waals surface area contributed by atoms with E-state index in [9.17, 15) is 10.4 Å². The lowest BCUT2D eigenvalue weighted by Gasteiger charge is -2.38. The molecular formula is C16H24N4O. The number of nitrogens with two attached hydrogens (primary N) is 1. The second kappa shape index (κ2) is 6.44. The van der Waals surface area contributed by atoms with Crippen LogP contribution in [0.2, 0.25) is 0 Å². The summed E-state index contributed by atoms with van der Waals surface area (Å²) in [6.45, 7) is 8.32. The Morgan fingerprint density at radius 3 is 2.48 bits per heavy atom. The van der Waals surface area contributed by atoms with E-state index >= 15 is 0 Å². The van der Waals surface area contributed by atoms with E-state index in [0.29, 0.717) is 18.7 Å². The Kier molecular flexibility index (Phi) is 4.84. The van der Waals surface area contributed by atoms with Crippen LogP contribution in [0.4, 0.5) is 5.69 Å². The number of rotatable bonds is 4. The lowest BCUT2D eigenvalue weighted by molar-refractivity contribution is 0.0345. The third-order valence-corrected chi connectivity index (χ3v) is 3.74. The third kappa shape index (κ3) is 4.18. The summed E-state index contributed by atoms with van der Waals surface area (Å²) < 4.78 is 0. The van der Waals surface area contributed by atoms with Gasteiger partial charge in [-0.2, -0.15) is 5.26 Å². The number of anilines is 1. The van der Waals surface area contributed by atoms with Crippen LogP contribution in [0.5, 0.6) is 0 Å². The van der Waals surface area contributed by atoms with Crippen LogP contribution in [0.3, 0.4) is 0 Å². The number of piperazine rings is 1. The number of nitrogens with zero attached hydrogens (tertiary/aromatic N) is 3. The van der Waals surface area contributed by atoms with Crippen molar-refractivity contribution in [2.75, 3.05) is 37.6 Å². The van der Waals surface area contributed by atoms with Crippen LogP contribution in [-0.4, -0.2) is 48.3 Å². The number of benzene rings is 1. The van der Waals surface area contributed by atoms with E-state index in [2.05, 4.69) is 15.9 Å². The highest BCUT2D eigenvalue weighted by atomic mass is 16.3. The Morgan fingerprint density at radius 2 is 1.95 bits per heavy atom. The van der Waals surface area contributed by atoms with E-state index < -0.39 is 5.60 Å². The molecule has 0 aromatic heterocycles. The zero-order chi connectivity index (χ0) is 15.5. The van der Waals surface area contributed by atoms with Crippen LogP contribution >= 0.6 is 0 Å². The van der Waals surface area contributed by atoms with Gasteiger partial charge in [0.05, 0.1) is 16.9 Å². The molecule has 0 spiro atoms. The first-order valence-corrected chi connectivity index (χ1v) is 7.36. The number of hydrogen-bond acceptors (Lipinski definition) is 5. The zero-order valence-electron chi connectivity index (χ0n) is 12.8. The minimum atomic E-state index is -0.664. The molecule has 0 aliphatic carbocycles. The number of aliphatic hydroxyl groups is 1. The van der Waals surface area contributed by atoms with Crippen molar-refractivity contribution in [2.45, 2.75) is 26.0 Å². The SMILES string of the molecule is CC(C)(O)CN1CCN(c2ccc(CN)cc2C#N)CC1. The third-order valence-electron chi connectivity index (χ3n) is 3.74. The summed E-state index contributed by atoms with van der Waals surface area (Å²) in [5, 5.41) is 19.2. The van der Waals surface area contributed by atoms with Gasteiger partial charge in [0.25, 0.3) is 0 Å². The maximum Gasteiger partial charge on any atom is 0.101 e. The molecule has 0 atom stereocenters. The summed E-state index contributed by atoms with van der Waals surface area (Å²) in [7, 11) is 0. The molecule has 1 aromatic rings. The molecule has 5 heteroatoms. The van der Waals surface area contributed by atoms with Gasteiger partial charge in [0.2, 0.25) is 0 Å². The zero-order valence-corrected chi connectivity index (χ0v) is 12.8. The molecule has 0 unspecified atom stereocenters. The van der Waals surface area contributed by atoms with Crippen molar-refractivity contribution in [3.63, 3.8) is 0 Å². The van der Waals surface area contributed by atoms with Crippen molar-refractivity contribution in [1.29, 1.82) is 5.26 Å². The number of β-amino-alcohol motifs (C(OH)–C–C–N with tert-alkyl or cyclic N) is 1. The Morgan fingerprint density at radius 1 is 1.29 bits per heavy atom. The van der Waals surface area contributed by atoms with Crippen molar-refractivity contribution >= 4 is 5.69 Å². The van der Waals surface area contributed by atoms with Gasteiger partial charge < -0.3 is 15.7 Å². The summed E-state index contributed by atoms with van der Waals surface area (Å²) in [6, 6.07) is 8.12. The molecule has 21 heavy (non-hydrogen) atoms. The molecule has 0 bridgehead atoms. The quantitative estimate of drug-likeness (QED) is 0.861. The fourth-order valence-corrected chi connectivity index (χ4v) is 2.77. The molecule has 3 N–H and O–H groups in total. The van der Waals surface area contributed by atoms with Gasteiger partial charge in [-0.3, -0.25) is 4.90 Å². The number of hydrogen-bond donors (Lipinski definition) is 2. The highest BCUT2D eigenvalue weighted by Gasteiger charge is 2.23. The topological polar surface area (TPSA) is 76.5 Å².